The maximum Gasteiger partial charge on any atom is 0.283 e. The van der Waals surface area contributed by atoms with Crippen LogP contribution < -0.4 is 0 Å². The van der Waals surface area contributed by atoms with Gasteiger partial charge in [0.15, 0.2) is 6.39 Å². The highest BCUT2D eigenvalue weighted by atomic mass is 16.3. The summed E-state index contributed by atoms with van der Waals surface area (Å²) in [7, 11) is 0. The lowest BCUT2D eigenvalue weighted by atomic mass is 11.0. The molecule has 0 bridgehead atoms. The Bertz CT molecular complexity index is 124. The molecule has 1 N–H and O–H groups in total. The van der Waals surface area contributed by atoms with Crippen molar-refractivity contribution in [3.05, 3.63) is 18.9 Å². The molecule has 1 heterocycles. The van der Waals surface area contributed by atoms with Crippen LogP contribution in [0.2, 0.25) is 0 Å². The first-order chi connectivity index (χ1) is 3.91. The Kier molecular flexibility index (Phi) is 4.47. The van der Waals surface area contributed by atoms with Gasteiger partial charge in [-0.15, -0.1) is 0 Å². The number of rotatable bonds is 0. The highest BCUT2D eigenvalue weighted by molar-refractivity contribution is 4.56. The molecule has 0 saturated carbocycles. The Balaban J connectivity index is 0.000000145. The Morgan fingerprint density at radius 1 is 1.75 bits per heavy atom. The molecule has 0 radical (unpaired) electrons. The summed E-state index contributed by atoms with van der Waals surface area (Å²) in [5, 5.41) is 13.8. The number of nitriles is 1. The van der Waals surface area contributed by atoms with E-state index >= 15 is 0 Å². The van der Waals surface area contributed by atoms with E-state index < -0.39 is 0 Å². The summed E-state index contributed by atoms with van der Waals surface area (Å²) in [5.74, 6) is 0. The molecule has 42 valence electrons. The van der Waals surface area contributed by atoms with Crippen LogP contribution in [0.15, 0.2) is 23.3 Å². The first-order valence-electron chi connectivity index (χ1n) is 1.77. The molecule has 1 rings (SSSR count). The van der Waals surface area contributed by atoms with Crippen LogP contribution in [0.4, 0.5) is 0 Å². The molecule has 8 heavy (non-hydrogen) atoms. The number of oxazole rings is 1. The number of hydrogen-bond donors (Lipinski definition) is 1. The molecular formula is C4H4N2O2. The van der Waals surface area contributed by atoms with Crippen molar-refractivity contribution in [3.8, 4) is 6.26 Å². The van der Waals surface area contributed by atoms with Crippen molar-refractivity contribution in [1.82, 2.24) is 4.98 Å². The van der Waals surface area contributed by atoms with Crippen LogP contribution in [-0.2, 0) is 0 Å². The summed E-state index contributed by atoms with van der Waals surface area (Å²) in [4.78, 5) is 3.56. The molecule has 0 aliphatic carbocycles. The third-order valence-corrected chi connectivity index (χ3v) is 0.347. The van der Waals surface area contributed by atoms with E-state index in [1.54, 1.807) is 6.20 Å². The lowest BCUT2D eigenvalue weighted by molar-refractivity contribution is 0.503. The van der Waals surface area contributed by atoms with E-state index in [1.165, 1.54) is 12.7 Å². The summed E-state index contributed by atoms with van der Waals surface area (Å²) >= 11 is 0. The van der Waals surface area contributed by atoms with Gasteiger partial charge in [-0.2, -0.15) is 5.26 Å². The third-order valence-electron chi connectivity index (χ3n) is 0.347. The first-order valence-corrected chi connectivity index (χ1v) is 1.77. The van der Waals surface area contributed by atoms with Gasteiger partial charge in [0.25, 0.3) is 6.26 Å². The summed E-state index contributed by atoms with van der Waals surface area (Å²) in [6.07, 6.45) is 5.22. The number of nitrogens with zero attached hydrogens (tertiary/aromatic N) is 2. The Morgan fingerprint density at radius 2 is 2.38 bits per heavy atom. The number of aliphatic hydroxyl groups is 1. The van der Waals surface area contributed by atoms with E-state index in [-0.39, 0.29) is 0 Å². The zero-order chi connectivity index (χ0) is 6.24. The lowest BCUT2D eigenvalue weighted by Crippen LogP contribution is -1.38. The fourth-order valence-corrected chi connectivity index (χ4v) is 0.176. The van der Waals surface area contributed by atoms with E-state index in [9.17, 15) is 0 Å². The first kappa shape index (κ1) is 6.50. The largest absolute Gasteiger partial charge is 0.452 e. The van der Waals surface area contributed by atoms with Crippen LogP contribution in [0, 0.1) is 11.5 Å². The molecule has 0 atom stereocenters. The van der Waals surface area contributed by atoms with Gasteiger partial charge >= 0.3 is 0 Å². The average Bonchev–Trinajstić information content (AvgIpc) is 2.17. The van der Waals surface area contributed by atoms with E-state index in [4.69, 9.17) is 10.4 Å². The van der Waals surface area contributed by atoms with E-state index in [2.05, 4.69) is 9.40 Å². The Labute approximate surface area is 46.0 Å². The number of aromatic nitrogens is 1. The van der Waals surface area contributed by atoms with Crippen LogP contribution in [0.5, 0.6) is 0 Å². The molecule has 0 aliphatic heterocycles. The van der Waals surface area contributed by atoms with Gasteiger partial charge in [-0.1, -0.05) is 0 Å². The van der Waals surface area contributed by atoms with Gasteiger partial charge < -0.3 is 9.52 Å². The SMILES string of the molecule is N#CO.c1cocn1. The molecule has 1 aromatic heterocycles. The minimum Gasteiger partial charge on any atom is -0.452 e. The third kappa shape index (κ3) is 4.50. The molecule has 0 aromatic carbocycles. The second kappa shape index (κ2) is 5.50. The second-order valence-electron chi connectivity index (χ2n) is 0.776. The van der Waals surface area contributed by atoms with Gasteiger partial charge in [-0.05, 0) is 0 Å². The second-order valence-corrected chi connectivity index (χ2v) is 0.776. The van der Waals surface area contributed by atoms with E-state index in [0.717, 1.165) is 6.26 Å². The van der Waals surface area contributed by atoms with Gasteiger partial charge in [0, 0.05) is 0 Å². The molecule has 4 heteroatoms. The highest BCUT2D eigenvalue weighted by Gasteiger charge is 1.59. The molecule has 0 spiro atoms. The fraction of sp³-hybridized carbons (Fsp3) is 0. The topological polar surface area (TPSA) is 70.0 Å². The smallest absolute Gasteiger partial charge is 0.283 e. The summed E-state index contributed by atoms with van der Waals surface area (Å²) in [6.45, 7) is 0. The zero-order valence-corrected chi connectivity index (χ0v) is 3.98. The summed E-state index contributed by atoms with van der Waals surface area (Å²) in [5.41, 5.74) is 0. The lowest BCUT2D eigenvalue weighted by Gasteiger charge is -1.47. The predicted molar refractivity (Wildman–Crippen MR) is 24.1 cm³/mol. The molecule has 0 amide bonds. The molecule has 4 nitrogen and oxygen atoms in total. The van der Waals surface area contributed by atoms with Crippen LogP contribution in [-0.4, -0.2) is 10.1 Å². The standard InChI is InChI=1S/C3H3NO.CHNO/c1-2-5-3-4-1;2-1-3/h1-3H;3H. The van der Waals surface area contributed by atoms with Crippen molar-refractivity contribution in [2.75, 3.05) is 0 Å². The molecule has 0 saturated heterocycles. The normalized spacial score (nSPS) is 5.88. The monoisotopic (exact) mass is 112 g/mol. The van der Waals surface area contributed by atoms with Crippen LogP contribution in [0.1, 0.15) is 0 Å². The maximum atomic E-state index is 6.88. The Hall–Kier alpha value is -1.50. The summed E-state index contributed by atoms with van der Waals surface area (Å²) in [6, 6.07) is 0. The highest BCUT2D eigenvalue weighted by Crippen LogP contribution is 1.72. The predicted octanol–water partition coefficient (Wildman–Crippen LogP) is 0.515. The average molecular weight is 112 g/mol. The van der Waals surface area contributed by atoms with Gasteiger partial charge in [0.05, 0.1) is 6.20 Å². The number of aliphatic hydroxyl groups excluding tert-OH is 1. The van der Waals surface area contributed by atoms with Crippen LogP contribution in [0.3, 0.4) is 0 Å². The van der Waals surface area contributed by atoms with Crippen LogP contribution in [0.25, 0.3) is 0 Å². The van der Waals surface area contributed by atoms with Crippen molar-refractivity contribution in [3.63, 3.8) is 0 Å². The maximum absolute atomic E-state index is 6.88. The van der Waals surface area contributed by atoms with Gasteiger partial charge in [-0.3, -0.25) is 0 Å². The van der Waals surface area contributed by atoms with Crippen molar-refractivity contribution >= 4 is 0 Å². The van der Waals surface area contributed by atoms with E-state index in [0.29, 0.717) is 0 Å². The number of hydrogen-bond acceptors (Lipinski definition) is 4. The van der Waals surface area contributed by atoms with Crippen molar-refractivity contribution in [2.45, 2.75) is 0 Å². The van der Waals surface area contributed by atoms with Gasteiger partial charge in [0.2, 0.25) is 0 Å². The van der Waals surface area contributed by atoms with E-state index in [1.807, 2.05) is 0 Å². The van der Waals surface area contributed by atoms with Crippen molar-refractivity contribution in [1.29, 1.82) is 5.26 Å². The van der Waals surface area contributed by atoms with Gasteiger partial charge in [-0.25, -0.2) is 4.98 Å². The Morgan fingerprint density at radius 3 is 2.50 bits per heavy atom. The zero-order valence-electron chi connectivity index (χ0n) is 3.98. The minimum absolute atomic E-state index is 0.750. The summed E-state index contributed by atoms with van der Waals surface area (Å²) < 4.78 is 4.47. The van der Waals surface area contributed by atoms with Crippen molar-refractivity contribution in [2.24, 2.45) is 0 Å². The van der Waals surface area contributed by atoms with Crippen LogP contribution >= 0.6 is 0 Å². The molecule has 0 fully saturated rings. The quantitative estimate of drug-likeness (QED) is 0.496. The molecule has 0 unspecified atom stereocenters. The molecule has 0 aliphatic rings. The van der Waals surface area contributed by atoms with Gasteiger partial charge in [0.1, 0.15) is 6.26 Å². The fourth-order valence-electron chi connectivity index (χ4n) is 0.176. The molecular weight excluding hydrogens is 108 g/mol. The minimum atomic E-state index is 0.750. The molecule has 1 aromatic rings. The van der Waals surface area contributed by atoms with Crippen molar-refractivity contribution < 1.29 is 9.52 Å².